The molecule has 3 rings (SSSR count). The predicted molar refractivity (Wildman–Crippen MR) is 93.1 cm³/mol. The minimum Gasteiger partial charge on any atom is -0.384 e. The summed E-state index contributed by atoms with van der Waals surface area (Å²) in [5.74, 6) is 1.24. The van der Waals surface area contributed by atoms with E-state index >= 15 is 0 Å². The summed E-state index contributed by atoms with van der Waals surface area (Å²) in [6.45, 7) is 4.72. The highest BCUT2D eigenvalue weighted by atomic mass is 35.5. The number of rotatable bonds is 2. The van der Waals surface area contributed by atoms with Crippen LogP contribution in [0.15, 0.2) is 24.3 Å². The Bertz CT molecular complexity index is 658. The van der Waals surface area contributed by atoms with Crippen molar-refractivity contribution in [1.82, 2.24) is 9.78 Å². The highest BCUT2D eigenvalue weighted by Gasteiger charge is 2.28. The predicted octanol–water partition coefficient (Wildman–Crippen LogP) is 5.01. The zero-order valence-corrected chi connectivity index (χ0v) is 14.3. The van der Waals surface area contributed by atoms with Crippen molar-refractivity contribution in [3.8, 4) is 11.3 Å². The van der Waals surface area contributed by atoms with Gasteiger partial charge in [0.15, 0.2) is 0 Å². The fourth-order valence-electron chi connectivity index (χ4n) is 3.35. The zero-order valence-electron chi connectivity index (χ0n) is 13.6. The molecule has 1 fully saturated rings. The first-order valence-electron chi connectivity index (χ1n) is 7.95. The normalized spacial score (nSPS) is 18.5. The molecule has 1 aliphatic rings. The molecule has 2 N–H and O–H groups in total. The molecule has 1 aromatic heterocycles. The number of nitrogen functional groups attached to an aromatic ring is 1. The Morgan fingerprint density at radius 1 is 1.23 bits per heavy atom. The van der Waals surface area contributed by atoms with E-state index in [-0.39, 0.29) is 0 Å². The van der Waals surface area contributed by atoms with E-state index in [0.29, 0.717) is 17.2 Å². The molecule has 1 aromatic carbocycles. The third-order valence-corrected chi connectivity index (χ3v) is 5.32. The molecule has 1 aliphatic carbocycles. The number of halogens is 1. The molecule has 0 saturated heterocycles. The van der Waals surface area contributed by atoms with Crippen molar-refractivity contribution >= 4 is 17.4 Å². The monoisotopic (exact) mass is 317 g/mol. The van der Waals surface area contributed by atoms with E-state index in [1.165, 1.54) is 31.2 Å². The van der Waals surface area contributed by atoms with Crippen LogP contribution < -0.4 is 5.73 Å². The van der Waals surface area contributed by atoms with Gasteiger partial charge in [-0.3, -0.25) is 4.68 Å². The molecule has 0 atom stereocenters. The van der Waals surface area contributed by atoms with Gasteiger partial charge in [0.1, 0.15) is 5.82 Å². The molecule has 0 bridgehead atoms. The lowest BCUT2D eigenvalue weighted by atomic mass is 9.71. The Morgan fingerprint density at radius 2 is 1.91 bits per heavy atom. The average Bonchev–Trinajstić information content (AvgIpc) is 2.79. The minimum absolute atomic E-state index is 0.481. The van der Waals surface area contributed by atoms with E-state index in [1.54, 1.807) is 4.68 Å². The van der Waals surface area contributed by atoms with Gasteiger partial charge >= 0.3 is 0 Å². The van der Waals surface area contributed by atoms with E-state index in [4.69, 9.17) is 17.3 Å². The van der Waals surface area contributed by atoms with Crippen LogP contribution in [0.3, 0.4) is 0 Å². The van der Waals surface area contributed by atoms with Crippen LogP contribution in [0.1, 0.15) is 51.0 Å². The van der Waals surface area contributed by atoms with Crippen molar-refractivity contribution in [2.45, 2.75) is 45.4 Å². The van der Waals surface area contributed by atoms with Crippen molar-refractivity contribution < 1.29 is 0 Å². The largest absolute Gasteiger partial charge is 0.384 e. The van der Waals surface area contributed by atoms with Crippen LogP contribution in [0.25, 0.3) is 11.3 Å². The van der Waals surface area contributed by atoms with Gasteiger partial charge < -0.3 is 5.73 Å². The van der Waals surface area contributed by atoms with Gasteiger partial charge in [-0.2, -0.15) is 5.10 Å². The zero-order chi connectivity index (χ0) is 15.9. The van der Waals surface area contributed by atoms with Gasteiger partial charge in [-0.25, -0.2) is 0 Å². The summed E-state index contributed by atoms with van der Waals surface area (Å²) in [6.07, 6.45) is 4.99. The summed E-state index contributed by atoms with van der Waals surface area (Å²) in [5, 5.41) is 5.27. The number of hydrogen-bond acceptors (Lipinski definition) is 2. The van der Waals surface area contributed by atoms with E-state index in [9.17, 15) is 0 Å². The lowest BCUT2D eigenvalue weighted by molar-refractivity contribution is 0.224. The van der Waals surface area contributed by atoms with Gasteiger partial charge in [0, 0.05) is 23.7 Å². The van der Waals surface area contributed by atoms with Crippen LogP contribution in [0.2, 0.25) is 5.02 Å². The first-order valence-corrected chi connectivity index (χ1v) is 8.33. The van der Waals surface area contributed by atoms with Gasteiger partial charge in [-0.05, 0) is 48.6 Å². The highest BCUT2D eigenvalue weighted by molar-refractivity contribution is 6.31. The average molecular weight is 318 g/mol. The molecule has 0 radical (unpaired) electrons. The molecular formula is C18H24ClN3. The van der Waals surface area contributed by atoms with Crippen LogP contribution in [0.5, 0.6) is 0 Å². The van der Waals surface area contributed by atoms with Crippen molar-refractivity contribution in [2.24, 2.45) is 12.5 Å². The Hall–Kier alpha value is -1.48. The molecule has 1 heterocycles. The summed E-state index contributed by atoms with van der Waals surface area (Å²) in [5.41, 5.74) is 9.52. The molecule has 22 heavy (non-hydrogen) atoms. The molecule has 2 aromatic rings. The van der Waals surface area contributed by atoms with Crippen LogP contribution in [0, 0.1) is 5.41 Å². The number of benzene rings is 1. The molecule has 1 saturated carbocycles. The fraction of sp³-hybridized carbons (Fsp3) is 0.500. The van der Waals surface area contributed by atoms with Crippen LogP contribution >= 0.6 is 11.6 Å². The first kappa shape index (κ1) is 15.4. The number of hydrogen-bond donors (Lipinski definition) is 1. The smallest absolute Gasteiger partial charge is 0.121 e. The van der Waals surface area contributed by atoms with Gasteiger partial charge in [0.2, 0.25) is 0 Å². The first-order chi connectivity index (χ1) is 10.4. The second kappa shape index (κ2) is 5.62. The SMILES string of the molecule is Cn1nc(-c2ccc(C3CCC(C)(C)CC3)c(Cl)c2)cc1N. The standard InChI is InChI=1S/C18H24ClN3/c1-18(2)8-6-12(7-9-18)14-5-4-13(10-15(14)19)16-11-17(20)22(3)21-16/h4-5,10-12H,6-9,20H2,1-3H3. The Kier molecular flexibility index (Phi) is 3.94. The number of aromatic nitrogens is 2. The van der Waals surface area contributed by atoms with Crippen LogP contribution in [0.4, 0.5) is 5.82 Å². The summed E-state index contributed by atoms with van der Waals surface area (Å²) < 4.78 is 1.68. The summed E-state index contributed by atoms with van der Waals surface area (Å²) in [7, 11) is 1.85. The molecule has 3 nitrogen and oxygen atoms in total. The third kappa shape index (κ3) is 3.00. The maximum Gasteiger partial charge on any atom is 0.121 e. The maximum absolute atomic E-state index is 6.56. The second-order valence-corrected chi connectivity index (χ2v) is 7.66. The third-order valence-electron chi connectivity index (χ3n) is 4.99. The van der Waals surface area contributed by atoms with Crippen molar-refractivity contribution in [3.63, 3.8) is 0 Å². The van der Waals surface area contributed by atoms with Crippen LogP contribution in [-0.4, -0.2) is 9.78 Å². The number of nitrogens with two attached hydrogens (primary N) is 1. The van der Waals surface area contributed by atoms with Gasteiger partial charge in [-0.1, -0.05) is 37.6 Å². The lowest BCUT2D eigenvalue weighted by Crippen LogP contribution is -2.20. The van der Waals surface area contributed by atoms with Crippen molar-refractivity contribution in [1.29, 1.82) is 0 Å². The van der Waals surface area contributed by atoms with Crippen molar-refractivity contribution in [3.05, 3.63) is 34.9 Å². The fourth-order valence-corrected chi connectivity index (χ4v) is 3.69. The second-order valence-electron chi connectivity index (χ2n) is 7.25. The number of nitrogens with zero attached hydrogens (tertiary/aromatic N) is 2. The van der Waals surface area contributed by atoms with E-state index < -0.39 is 0 Å². The summed E-state index contributed by atoms with van der Waals surface area (Å²) >= 11 is 6.56. The Labute approximate surface area is 137 Å². The number of anilines is 1. The molecule has 0 aliphatic heterocycles. The molecule has 0 unspecified atom stereocenters. The van der Waals surface area contributed by atoms with Crippen molar-refractivity contribution in [2.75, 3.05) is 5.73 Å². The van der Waals surface area contributed by atoms with E-state index in [0.717, 1.165) is 16.3 Å². The molecule has 118 valence electrons. The van der Waals surface area contributed by atoms with Gasteiger partial charge in [0.05, 0.1) is 5.69 Å². The Balaban J connectivity index is 1.84. The molecule has 4 heteroatoms. The maximum atomic E-state index is 6.56. The van der Waals surface area contributed by atoms with E-state index in [2.05, 4.69) is 31.1 Å². The highest BCUT2D eigenvalue weighted by Crippen LogP contribution is 2.44. The molecule has 0 amide bonds. The van der Waals surface area contributed by atoms with Gasteiger partial charge in [0.25, 0.3) is 0 Å². The minimum atomic E-state index is 0.481. The quantitative estimate of drug-likeness (QED) is 0.846. The topological polar surface area (TPSA) is 43.8 Å². The molecule has 0 spiro atoms. The Morgan fingerprint density at radius 3 is 2.45 bits per heavy atom. The summed E-state index contributed by atoms with van der Waals surface area (Å²) in [6, 6.07) is 8.20. The van der Waals surface area contributed by atoms with Crippen LogP contribution in [-0.2, 0) is 7.05 Å². The summed E-state index contributed by atoms with van der Waals surface area (Å²) in [4.78, 5) is 0. The lowest BCUT2D eigenvalue weighted by Gasteiger charge is -2.34. The molecular weight excluding hydrogens is 294 g/mol. The number of aryl methyl sites for hydroxylation is 1. The van der Waals surface area contributed by atoms with Gasteiger partial charge in [-0.15, -0.1) is 0 Å². The van der Waals surface area contributed by atoms with E-state index in [1.807, 2.05) is 19.2 Å².